The normalized spacial score (nSPS) is 9.86. The number of nitrogens with zero attached hydrogens (tertiary/aromatic N) is 1. The molecule has 0 atom stereocenters. The Bertz CT molecular complexity index is 265. The summed E-state index contributed by atoms with van der Waals surface area (Å²) in [6, 6.07) is 4.00. The van der Waals surface area contributed by atoms with Gasteiger partial charge in [-0.1, -0.05) is 0 Å². The Morgan fingerprint density at radius 1 is 1.50 bits per heavy atom. The SMILES string of the molecule is CNc1cc(NCCCSC)ccn1. The van der Waals surface area contributed by atoms with Gasteiger partial charge in [-0.3, -0.25) is 0 Å². The monoisotopic (exact) mass is 211 g/mol. The van der Waals surface area contributed by atoms with Gasteiger partial charge in [0.25, 0.3) is 0 Å². The molecule has 1 heterocycles. The van der Waals surface area contributed by atoms with E-state index in [2.05, 4.69) is 21.9 Å². The summed E-state index contributed by atoms with van der Waals surface area (Å²) in [5, 5.41) is 6.37. The van der Waals surface area contributed by atoms with Crippen molar-refractivity contribution >= 4 is 23.3 Å². The van der Waals surface area contributed by atoms with Crippen molar-refractivity contribution in [2.24, 2.45) is 0 Å². The fourth-order valence-electron chi connectivity index (χ4n) is 1.13. The number of rotatable bonds is 6. The molecule has 1 aromatic heterocycles. The van der Waals surface area contributed by atoms with E-state index in [9.17, 15) is 0 Å². The standard InChI is InChI=1S/C10H17N3S/c1-11-10-8-9(4-6-13-10)12-5-3-7-14-2/h4,6,8H,3,5,7H2,1-2H3,(H2,11,12,13). The quantitative estimate of drug-likeness (QED) is 0.708. The van der Waals surface area contributed by atoms with Crippen molar-refractivity contribution in [3.05, 3.63) is 18.3 Å². The Balaban J connectivity index is 2.34. The van der Waals surface area contributed by atoms with Crippen LogP contribution in [0.25, 0.3) is 0 Å². The molecule has 4 heteroatoms. The summed E-state index contributed by atoms with van der Waals surface area (Å²) in [7, 11) is 1.87. The highest BCUT2D eigenvalue weighted by atomic mass is 32.2. The van der Waals surface area contributed by atoms with E-state index >= 15 is 0 Å². The Morgan fingerprint density at radius 2 is 2.36 bits per heavy atom. The average molecular weight is 211 g/mol. The second kappa shape index (κ2) is 6.54. The molecule has 0 saturated heterocycles. The maximum atomic E-state index is 4.15. The van der Waals surface area contributed by atoms with Crippen LogP contribution < -0.4 is 10.6 Å². The molecule has 0 aromatic carbocycles. The van der Waals surface area contributed by atoms with Crippen molar-refractivity contribution in [1.82, 2.24) is 4.98 Å². The summed E-state index contributed by atoms with van der Waals surface area (Å²) in [6.45, 7) is 1.02. The lowest BCUT2D eigenvalue weighted by atomic mass is 10.3. The van der Waals surface area contributed by atoms with Crippen molar-refractivity contribution < 1.29 is 0 Å². The van der Waals surface area contributed by atoms with Crippen LogP contribution in [-0.4, -0.2) is 30.6 Å². The third kappa shape index (κ3) is 3.87. The largest absolute Gasteiger partial charge is 0.385 e. The lowest BCUT2D eigenvalue weighted by molar-refractivity contribution is 0.992. The molecule has 3 nitrogen and oxygen atoms in total. The molecular weight excluding hydrogens is 194 g/mol. The van der Waals surface area contributed by atoms with Crippen LogP contribution >= 0.6 is 11.8 Å². The molecule has 0 unspecified atom stereocenters. The van der Waals surface area contributed by atoms with Gasteiger partial charge in [-0.05, 0) is 24.5 Å². The number of hydrogen-bond donors (Lipinski definition) is 2. The van der Waals surface area contributed by atoms with Crippen molar-refractivity contribution in [2.75, 3.05) is 36.2 Å². The molecule has 0 aliphatic rings. The lowest BCUT2D eigenvalue weighted by Crippen LogP contribution is -2.03. The van der Waals surface area contributed by atoms with Gasteiger partial charge < -0.3 is 10.6 Å². The second-order valence-corrected chi connectivity index (χ2v) is 3.94. The molecule has 1 rings (SSSR count). The number of anilines is 2. The van der Waals surface area contributed by atoms with E-state index in [1.165, 1.54) is 12.2 Å². The molecule has 2 N–H and O–H groups in total. The zero-order chi connectivity index (χ0) is 10.2. The van der Waals surface area contributed by atoms with Gasteiger partial charge in [-0.2, -0.15) is 11.8 Å². The highest BCUT2D eigenvalue weighted by Crippen LogP contribution is 2.11. The zero-order valence-electron chi connectivity index (χ0n) is 8.71. The Hall–Kier alpha value is -0.900. The fraction of sp³-hybridized carbons (Fsp3) is 0.500. The van der Waals surface area contributed by atoms with Crippen LogP contribution in [0.3, 0.4) is 0 Å². The van der Waals surface area contributed by atoms with Crippen LogP contribution in [0.5, 0.6) is 0 Å². The first-order chi connectivity index (χ1) is 6.86. The van der Waals surface area contributed by atoms with E-state index in [0.29, 0.717) is 0 Å². The zero-order valence-corrected chi connectivity index (χ0v) is 9.53. The van der Waals surface area contributed by atoms with Gasteiger partial charge in [0.1, 0.15) is 5.82 Å². The molecule has 0 aliphatic heterocycles. The minimum Gasteiger partial charge on any atom is -0.385 e. The first kappa shape index (κ1) is 11.2. The fourth-order valence-corrected chi connectivity index (χ4v) is 1.56. The van der Waals surface area contributed by atoms with Crippen molar-refractivity contribution in [3.63, 3.8) is 0 Å². The third-order valence-electron chi connectivity index (χ3n) is 1.87. The summed E-state index contributed by atoms with van der Waals surface area (Å²) >= 11 is 1.88. The Morgan fingerprint density at radius 3 is 3.07 bits per heavy atom. The summed E-state index contributed by atoms with van der Waals surface area (Å²) in [5.74, 6) is 2.11. The molecule has 1 aromatic rings. The van der Waals surface area contributed by atoms with Crippen molar-refractivity contribution in [3.8, 4) is 0 Å². The van der Waals surface area contributed by atoms with Crippen LogP contribution in [0.2, 0.25) is 0 Å². The van der Waals surface area contributed by atoms with E-state index in [4.69, 9.17) is 0 Å². The van der Waals surface area contributed by atoms with E-state index in [1.807, 2.05) is 37.1 Å². The van der Waals surface area contributed by atoms with Crippen LogP contribution in [0, 0.1) is 0 Å². The first-order valence-electron chi connectivity index (χ1n) is 4.73. The first-order valence-corrected chi connectivity index (χ1v) is 6.13. The molecule has 0 radical (unpaired) electrons. The minimum atomic E-state index is 0.903. The van der Waals surface area contributed by atoms with E-state index in [1.54, 1.807) is 0 Å². The Kier molecular flexibility index (Phi) is 5.22. The van der Waals surface area contributed by atoms with Gasteiger partial charge in [-0.15, -0.1) is 0 Å². The van der Waals surface area contributed by atoms with E-state index in [0.717, 1.165) is 18.1 Å². The van der Waals surface area contributed by atoms with Crippen LogP contribution in [0.1, 0.15) is 6.42 Å². The second-order valence-electron chi connectivity index (χ2n) is 2.95. The molecule has 0 bridgehead atoms. The van der Waals surface area contributed by atoms with Gasteiger partial charge in [-0.25, -0.2) is 4.98 Å². The number of hydrogen-bond acceptors (Lipinski definition) is 4. The number of pyridine rings is 1. The number of nitrogens with one attached hydrogen (secondary N) is 2. The van der Waals surface area contributed by atoms with Crippen LogP contribution in [0.4, 0.5) is 11.5 Å². The van der Waals surface area contributed by atoms with Crippen molar-refractivity contribution in [2.45, 2.75) is 6.42 Å². The molecule has 14 heavy (non-hydrogen) atoms. The predicted molar refractivity (Wildman–Crippen MR) is 65.3 cm³/mol. The highest BCUT2D eigenvalue weighted by Gasteiger charge is 1.93. The predicted octanol–water partition coefficient (Wildman–Crippen LogP) is 2.29. The summed E-state index contributed by atoms with van der Waals surface area (Å²) in [4.78, 5) is 4.15. The highest BCUT2D eigenvalue weighted by molar-refractivity contribution is 7.98. The molecule has 0 saturated carbocycles. The van der Waals surface area contributed by atoms with Gasteiger partial charge in [0.15, 0.2) is 0 Å². The maximum absolute atomic E-state index is 4.15. The Labute approximate surface area is 89.7 Å². The maximum Gasteiger partial charge on any atom is 0.127 e. The number of thioether (sulfide) groups is 1. The van der Waals surface area contributed by atoms with Gasteiger partial charge >= 0.3 is 0 Å². The van der Waals surface area contributed by atoms with Gasteiger partial charge in [0.05, 0.1) is 0 Å². The third-order valence-corrected chi connectivity index (χ3v) is 2.57. The van der Waals surface area contributed by atoms with Crippen LogP contribution in [-0.2, 0) is 0 Å². The van der Waals surface area contributed by atoms with Gasteiger partial charge in [0, 0.05) is 31.5 Å². The summed E-state index contributed by atoms with van der Waals surface area (Å²) in [5.41, 5.74) is 1.13. The lowest BCUT2D eigenvalue weighted by Gasteiger charge is -2.06. The molecule has 0 amide bonds. The van der Waals surface area contributed by atoms with Crippen molar-refractivity contribution in [1.29, 1.82) is 0 Å². The van der Waals surface area contributed by atoms with E-state index in [-0.39, 0.29) is 0 Å². The molecule has 78 valence electrons. The molecular formula is C10H17N3S. The van der Waals surface area contributed by atoms with E-state index < -0.39 is 0 Å². The molecule has 0 spiro atoms. The smallest absolute Gasteiger partial charge is 0.127 e. The summed E-state index contributed by atoms with van der Waals surface area (Å²) < 4.78 is 0. The van der Waals surface area contributed by atoms with Gasteiger partial charge in [0.2, 0.25) is 0 Å². The molecule has 0 aliphatic carbocycles. The minimum absolute atomic E-state index is 0.903. The number of aromatic nitrogens is 1. The topological polar surface area (TPSA) is 37.0 Å². The average Bonchev–Trinajstić information content (AvgIpc) is 2.25. The summed E-state index contributed by atoms with van der Waals surface area (Å²) in [6.07, 6.45) is 5.13. The molecule has 0 fully saturated rings. The van der Waals surface area contributed by atoms with Crippen LogP contribution in [0.15, 0.2) is 18.3 Å².